The molecule has 0 unspecified atom stereocenters. The van der Waals surface area contributed by atoms with Gasteiger partial charge in [0.2, 0.25) is 0 Å². The van der Waals surface area contributed by atoms with Gasteiger partial charge in [0.25, 0.3) is 0 Å². The first-order valence-electron chi connectivity index (χ1n) is 6.41. The second kappa shape index (κ2) is 6.86. The van der Waals surface area contributed by atoms with E-state index in [0.29, 0.717) is 6.61 Å². The van der Waals surface area contributed by atoms with Gasteiger partial charge in [0.15, 0.2) is 0 Å². The highest BCUT2D eigenvalue weighted by Crippen LogP contribution is 2.28. The minimum Gasteiger partial charge on any atom is -0.488 e. The lowest BCUT2D eigenvalue weighted by molar-refractivity contribution is 0.300. The van der Waals surface area contributed by atoms with Crippen LogP contribution in [0.1, 0.15) is 16.7 Å². The van der Waals surface area contributed by atoms with Crippen LogP contribution in [0.3, 0.4) is 0 Å². The van der Waals surface area contributed by atoms with E-state index in [2.05, 4.69) is 21.2 Å². The number of rotatable bonds is 5. The van der Waals surface area contributed by atoms with Gasteiger partial charge >= 0.3 is 0 Å². The average Bonchev–Trinajstić information content (AvgIpc) is 2.40. The van der Waals surface area contributed by atoms with E-state index in [-0.39, 0.29) is 5.82 Å². The van der Waals surface area contributed by atoms with Crippen LogP contribution in [0.15, 0.2) is 40.9 Å². The second-order valence-corrected chi connectivity index (χ2v) is 5.57. The molecule has 2 nitrogen and oxygen atoms in total. The molecule has 2 rings (SSSR count). The van der Waals surface area contributed by atoms with Gasteiger partial charge in [0, 0.05) is 16.6 Å². The maximum absolute atomic E-state index is 12.9. The first-order valence-corrected chi connectivity index (χ1v) is 7.20. The number of ether oxygens (including phenoxy) is 1. The fourth-order valence-electron chi connectivity index (χ4n) is 2.06. The molecule has 106 valence electrons. The Morgan fingerprint density at radius 2 is 1.90 bits per heavy atom. The highest BCUT2D eigenvalue weighted by molar-refractivity contribution is 9.10. The van der Waals surface area contributed by atoms with Crippen LogP contribution in [0.25, 0.3) is 0 Å². The summed E-state index contributed by atoms with van der Waals surface area (Å²) in [5.74, 6) is 0.649. The highest BCUT2D eigenvalue weighted by Gasteiger charge is 2.09. The van der Waals surface area contributed by atoms with Crippen molar-refractivity contribution < 1.29 is 9.13 Å². The Morgan fingerprint density at radius 1 is 1.20 bits per heavy atom. The summed E-state index contributed by atoms with van der Waals surface area (Å²) >= 11 is 3.50. The SMILES string of the molecule is CNCc1cc(Br)cc(C)c1OCc1ccc(F)cc1. The molecule has 0 fully saturated rings. The predicted molar refractivity (Wildman–Crippen MR) is 82.4 cm³/mol. The fraction of sp³-hybridized carbons (Fsp3) is 0.250. The molecule has 0 aliphatic heterocycles. The number of halogens is 2. The lowest BCUT2D eigenvalue weighted by atomic mass is 10.1. The van der Waals surface area contributed by atoms with Crippen molar-refractivity contribution in [2.75, 3.05) is 7.05 Å². The third kappa shape index (κ3) is 3.81. The maximum atomic E-state index is 12.9. The molecule has 0 bridgehead atoms. The molecule has 0 aromatic heterocycles. The van der Waals surface area contributed by atoms with Gasteiger partial charge in [-0.05, 0) is 49.4 Å². The average molecular weight is 338 g/mol. The van der Waals surface area contributed by atoms with Crippen LogP contribution in [-0.2, 0) is 13.2 Å². The van der Waals surface area contributed by atoms with Crippen molar-refractivity contribution in [3.05, 3.63) is 63.4 Å². The maximum Gasteiger partial charge on any atom is 0.127 e. The van der Waals surface area contributed by atoms with E-state index >= 15 is 0 Å². The zero-order valence-electron chi connectivity index (χ0n) is 11.5. The molecule has 0 atom stereocenters. The minimum absolute atomic E-state index is 0.232. The molecule has 2 aromatic carbocycles. The van der Waals surface area contributed by atoms with E-state index in [0.717, 1.165) is 33.5 Å². The van der Waals surface area contributed by atoms with Crippen LogP contribution in [-0.4, -0.2) is 7.05 Å². The van der Waals surface area contributed by atoms with Gasteiger partial charge in [0.1, 0.15) is 18.2 Å². The number of aryl methyl sites for hydroxylation is 1. The number of benzene rings is 2. The number of hydrogen-bond donors (Lipinski definition) is 1. The molecule has 0 amide bonds. The summed E-state index contributed by atoms with van der Waals surface area (Å²) in [5, 5.41) is 3.13. The molecule has 0 aliphatic rings. The molecular weight excluding hydrogens is 321 g/mol. The largest absolute Gasteiger partial charge is 0.488 e. The van der Waals surface area contributed by atoms with Gasteiger partial charge < -0.3 is 10.1 Å². The summed E-state index contributed by atoms with van der Waals surface area (Å²) in [6.07, 6.45) is 0. The Balaban J connectivity index is 2.17. The fourth-order valence-corrected chi connectivity index (χ4v) is 2.68. The van der Waals surface area contributed by atoms with E-state index in [1.54, 1.807) is 12.1 Å². The van der Waals surface area contributed by atoms with Crippen molar-refractivity contribution >= 4 is 15.9 Å². The van der Waals surface area contributed by atoms with Crippen molar-refractivity contribution in [1.82, 2.24) is 5.32 Å². The molecule has 4 heteroatoms. The molecule has 0 radical (unpaired) electrons. The molecular formula is C16H17BrFNO. The summed E-state index contributed by atoms with van der Waals surface area (Å²) in [5.41, 5.74) is 3.12. The Bertz CT molecular complexity index is 584. The quantitative estimate of drug-likeness (QED) is 0.882. The standard InChI is InChI=1S/C16H17BrFNO/c1-11-7-14(17)8-13(9-19-2)16(11)20-10-12-3-5-15(18)6-4-12/h3-8,19H,9-10H2,1-2H3. The van der Waals surface area contributed by atoms with E-state index in [1.165, 1.54) is 12.1 Å². The van der Waals surface area contributed by atoms with E-state index in [1.807, 2.05) is 26.1 Å². The predicted octanol–water partition coefficient (Wildman–Crippen LogP) is 4.20. The van der Waals surface area contributed by atoms with E-state index in [4.69, 9.17) is 4.74 Å². The number of hydrogen-bond acceptors (Lipinski definition) is 2. The van der Waals surface area contributed by atoms with Gasteiger partial charge in [-0.1, -0.05) is 28.1 Å². The van der Waals surface area contributed by atoms with Crippen LogP contribution >= 0.6 is 15.9 Å². The topological polar surface area (TPSA) is 21.3 Å². The summed E-state index contributed by atoms with van der Waals surface area (Å²) in [6, 6.07) is 10.4. The third-order valence-corrected chi connectivity index (χ3v) is 3.44. The van der Waals surface area contributed by atoms with Gasteiger partial charge in [-0.2, -0.15) is 0 Å². The molecule has 0 aliphatic carbocycles. The van der Waals surface area contributed by atoms with Gasteiger partial charge in [-0.25, -0.2) is 4.39 Å². The Kier molecular flexibility index (Phi) is 5.15. The van der Waals surface area contributed by atoms with Crippen LogP contribution in [0.5, 0.6) is 5.75 Å². The van der Waals surface area contributed by atoms with Crippen molar-refractivity contribution in [3.63, 3.8) is 0 Å². The molecule has 0 spiro atoms. The van der Waals surface area contributed by atoms with Crippen LogP contribution in [0.4, 0.5) is 4.39 Å². The zero-order valence-corrected chi connectivity index (χ0v) is 13.1. The first-order chi connectivity index (χ1) is 9.60. The zero-order chi connectivity index (χ0) is 14.5. The van der Waals surface area contributed by atoms with Crippen molar-refractivity contribution in [3.8, 4) is 5.75 Å². The molecule has 0 heterocycles. The molecule has 0 saturated carbocycles. The van der Waals surface area contributed by atoms with Crippen molar-refractivity contribution in [2.45, 2.75) is 20.1 Å². The normalized spacial score (nSPS) is 10.6. The molecule has 20 heavy (non-hydrogen) atoms. The van der Waals surface area contributed by atoms with Crippen LogP contribution < -0.4 is 10.1 Å². The van der Waals surface area contributed by atoms with Gasteiger partial charge in [-0.15, -0.1) is 0 Å². The van der Waals surface area contributed by atoms with Crippen LogP contribution in [0.2, 0.25) is 0 Å². The van der Waals surface area contributed by atoms with Crippen molar-refractivity contribution in [2.24, 2.45) is 0 Å². The number of nitrogens with one attached hydrogen (secondary N) is 1. The minimum atomic E-state index is -0.232. The molecule has 0 saturated heterocycles. The van der Waals surface area contributed by atoms with Gasteiger partial charge in [0.05, 0.1) is 0 Å². The molecule has 2 aromatic rings. The second-order valence-electron chi connectivity index (χ2n) is 4.66. The van der Waals surface area contributed by atoms with E-state index < -0.39 is 0 Å². The van der Waals surface area contributed by atoms with Crippen molar-refractivity contribution in [1.29, 1.82) is 0 Å². The summed E-state index contributed by atoms with van der Waals surface area (Å²) < 4.78 is 19.8. The lowest BCUT2D eigenvalue weighted by Gasteiger charge is -2.15. The highest BCUT2D eigenvalue weighted by atomic mass is 79.9. The van der Waals surface area contributed by atoms with E-state index in [9.17, 15) is 4.39 Å². The lowest BCUT2D eigenvalue weighted by Crippen LogP contribution is -2.08. The first kappa shape index (κ1) is 15.0. The smallest absolute Gasteiger partial charge is 0.127 e. The molecule has 1 N–H and O–H groups in total. The van der Waals surface area contributed by atoms with Gasteiger partial charge in [-0.3, -0.25) is 0 Å². The Hall–Kier alpha value is -1.39. The Labute approximate surface area is 127 Å². The Morgan fingerprint density at radius 3 is 2.55 bits per heavy atom. The summed E-state index contributed by atoms with van der Waals surface area (Å²) in [7, 11) is 1.90. The third-order valence-electron chi connectivity index (χ3n) is 2.98. The monoisotopic (exact) mass is 337 g/mol. The summed E-state index contributed by atoms with van der Waals surface area (Å²) in [6.45, 7) is 3.18. The summed E-state index contributed by atoms with van der Waals surface area (Å²) in [4.78, 5) is 0. The van der Waals surface area contributed by atoms with Crippen LogP contribution in [0, 0.1) is 12.7 Å².